The number of imidazole rings is 1. The van der Waals surface area contributed by atoms with Gasteiger partial charge in [-0.1, -0.05) is 0 Å². The summed E-state index contributed by atoms with van der Waals surface area (Å²) in [6.07, 6.45) is 4.81. The Labute approximate surface area is 158 Å². The number of H-pyrrole nitrogens is 1. The van der Waals surface area contributed by atoms with Gasteiger partial charge in [0.1, 0.15) is 5.82 Å². The van der Waals surface area contributed by atoms with Gasteiger partial charge in [0.15, 0.2) is 0 Å². The Morgan fingerprint density at radius 3 is 2.56 bits per heavy atom. The van der Waals surface area contributed by atoms with Gasteiger partial charge in [-0.2, -0.15) is 4.31 Å². The van der Waals surface area contributed by atoms with Crippen LogP contribution in [0.4, 0.5) is 5.69 Å². The first-order valence-electron chi connectivity index (χ1n) is 9.07. The standard InChI is InChI=1S/C18H23N5O3S/c1-21-11-12-22(13-16(21)18-19-8-9-20-18)27(25,26)15-6-4-14(5-7-15)23-10-2-3-17(23)24/h4-9,16H,2-3,10-13H2,1H3,(H,19,20). The molecule has 4 rings (SSSR count). The molecule has 144 valence electrons. The van der Waals surface area contributed by atoms with Crippen LogP contribution in [0.1, 0.15) is 24.7 Å². The summed E-state index contributed by atoms with van der Waals surface area (Å²) in [6, 6.07) is 6.52. The van der Waals surface area contributed by atoms with Crippen molar-refractivity contribution in [2.75, 3.05) is 38.1 Å². The highest BCUT2D eigenvalue weighted by Crippen LogP contribution is 2.28. The number of likely N-dealkylation sites (N-methyl/N-ethyl adjacent to an activating group) is 1. The lowest BCUT2D eigenvalue weighted by Gasteiger charge is -2.37. The predicted octanol–water partition coefficient (Wildman–Crippen LogP) is 1.21. The molecule has 1 atom stereocenters. The van der Waals surface area contributed by atoms with Gasteiger partial charge in [-0.25, -0.2) is 13.4 Å². The van der Waals surface area contributed by atoms with Crippen LogP contribution in [0.15, 0.2) is 41.6 Å². The van der Waals surface area contributed by atoms with Crippen molar-refractivity contribution in [3.05, 3.63) is 42.5 Å². The maximum Gasteiger partial charge on any atom is 0.243 e. The van der Waals surface area contributed by atoms with Crippen LogP contribution in [-0.4, -0.2) is 66.7 Å². The minimum absolute atomic E-state index is 0.0889. The normalized spacial score (nSPS) is 22.5. The molecule has 1 unspecified atom stereocenters. The molecule has 2 aliphatic rings. The van der Waals surface area contributed by atoms with E-state index >= 15 is 0 Å². The fraction of sp³-hybridized carbons (Fsp3) is 0.444. The van der Waals surface area contributed by atoms with Crippen LogP contribution in [0.2, 0.25) is 0 Å². The van der Waals surface area contributed by atoms with Crippen molar-refractivity contribution in [1.29, 1.82) is 0 Å². The van der Waals surface area contributed by atoms with Gasteiger partial charge >= 0.3 is 0 Å². The van der Waals surface area contributed by atoms with Gasteiger partial charge in [0, 0.05) is 50.7 Å². The molecule has 3 heterocycles. The molecule has 27 heavy (non-hydrogen) atoms. The Kier molecular flexibility index (Phi) is 4.75. The van der Waals surface area contributed by atoms with Crippen LogP contribution >= 0.6 is 0 Å². The smallest absolute Gasteiger partial charge is 0.243 e. The quantitative estimate of drug-likeness (QED) is 0.849. The van der Waals surface area contributed by atoms with E-state index in [2.05, 4.69) is 14.9 Å². The second-order valence-electron chi connectivity index (χ2n) is 6.98. The molecule has 1 N–H and O–H groups in total. The fourth-order valence-corrected chi connectivity index (χ4v) is 5.13. The average Bonchev–Trinajstić information content (AvgIpc) is 3.34. The lowest BCUT2D eigenvalue weighted by atomic mass is 10.2. The van der Waals surface area contributed by atoms with Crippen molar-refractivity contribution in [3.63, 3.8) is 0 Å². The van der Waals surface area contributed by atoms with Crippen molar-refractivity contribution in [2.45, 2.75) is 23.8 Å². The highest BCUT2D eigenvalue weighted by atomic mass is 32.2. The largest absolute Gasteiger partial charge is 0.347 e. The summed E-state index contributed by atoms with van der Waals surface area (Å²) in [5, 5.41) is 0. The number of anilines is 1. The maximum absolute atomic E-state index is 13.1. The second kappa shape index (κ2) is 7.06. The van der Waals surface area contributed by atoms with Crippen molar-refractivity contribution >= 4 is 21.6 Å². The van der Waals surface area contributed by atoms with E-state index in [1.165, 1.54) is 4.31 Å². The summed E-state index contributed by atoms with van der Waals surface area (Å²) >= 11 is 0. The molecule has 1 aromatic carbocycles. The first-order valence-corrected chi connectivity index (χ1v) is 10.5. The third-order valence-electron chi connectivity index (χ3n) is 5.31. The molecule has 0 saturated carbocycles. The Hall–Kier alpha value is -2.23. The van der Waals surface area contributed by atoms with Gasteiger partial charge < -0.3 is 9.88 Å². The summed E-state index contributed by atoms with van der Waals surface area (Å²) in [4.78, 5) is 23.3. The van der Waals surface area contributed by atoms with Crippen molar-refractivity contribution in [2.24, 2.45) is 0 Å². The van der Waals surface area contributed by atoms with E-state index in [1.54, 1.807) is 41.6 Å². The first-order chi connectivity index (χ1) is 13.0. The molecular weight excluding hydrogens is 366 g/mol. The molecule has 2 aromatic rings. The summed E-state index contributed by atoms with van der Waals surface area (Å²) in [5.74, 6) is 0.853. The minimum atomic E-state index is -3.60. The van der Waals surface area contributed by atoms with Crippen LogP contribution in [0.5, 0.6) is 0 Å². The van der Waals surface area contributed by atoms with E-state index in [9.17, 15) is 13.2 Å². The van der Waals surface area contributed by atoms with Crippen molar-refractivity contribution in [1.82, 2.24) is 19.2 Å². The van der Waals surface area contributed by atoms with Crippen molar-refractivity contribution < 1.29 is 13.2 Å². The minimum Gasteiger partial charge on any atom is -0.347 e. The summed E-state index contributed by atoms with van der Waals surface area (Å²) < 4.78 is 27.7. The van der Waals surface area contributed by atoms with Crippen LogP contribution in [0.3, 0.4) is 0 Å². The number of carbonyl (C=O) groups excluding carboxylic acids is 1. The molecule has 0 aliphatic carbocycles. The van der Waals surface area contributed by atoms with E-state index in [1.807, 2.05) is 7.05 Å². The number of aromatic nitrogens is 2. The zero-order valence-electron chi connectivity index (χ0n) is 15.2. The van der Waals surface area contributed by atoms with E-state index in [0.717, 1.165) is 17.9 Å². The van der Waals surface area contributed by atoms with Crippen LogP contribution in [-0.2, 0) is 14.8 Å². The molecule has 2 aliphatic heterocycles. The number of nitrogens with zero attached hydrogens (tertiary/aromatic N) is 4. The molecule has 0 bridgehead atoms. The predicted molar refractivity (Wildman–Crippen MR) is 101 cm³/mol. The molecule has 8 nitrogen and oxygen atoms in total. The van der Waals surface area contributed by atoms with Crippen LogP contribution in [0.25, 0.3) is 0 Å². The Morgan fingerprint density at radius 2 is 1.93 bits per heavy atom. The average molecular weight is 389 g/mol. The summed E-state index contributed by atoms with van der Waals surface area (Å²) in [6.45, 7) is 2.10. The lowest BCUT2D eigenvalue weighted by molar-refractivity contribution is -0.117. The number of aromatic amines is 1. The molecule has 0 spiro atoms. The van der Waals surface area contributed by atoms with E-state index < -0.39 is 10.0 Å². The molecule has 1 amide bonds. The van der Waals surface area contributed by atoms with Crippen LogP contribution in [0, 0.1) is 0 Å². The molecule has 2 fully saturated rings. The second-order valence-corrected chi connectivity index (χ2v) is 8.91. The highest BCUT2D eigenvalue weighted by molar-refractivity contribution is 7.89. The fourth-order valence-electron chi connectivity index (χ4n) is 3.69. The number of amides is 1. The molecule has 9 heteroatoms. The number of sulfonamides is 1. The highest BCUT2D eigenvalue weighted by Gasteiger charge is 2.34. The molecule has 1 aromatic heterocycles. The topological polar surface area (TPSA) is 89.6 Å². The third-order valence-corrected chi connectivity index (χ3v) is 7.18. The van der Waals surface area contributed by atoms with Gasteiger partial charge in [-0.15, -0.1) is 0 Å². The summed E-state index contributed by atoms with van der Waals surface area (Å²) in [7, 11) is -1.63. The zero-order chi connectivity index (χ0) is 19.0. The number of nitrogens with one attached hydrogen (secondary N) is 1. The number of hydrogen-bond donors (Lipinski definition) is 1. The number of carbonyl (C=O) groups is 1. The van der Waals surface area contributed by atoms with E-state index in [4.69, 9.17) is 0 Å². The zero-order valence-corrected chi connectivity index (χ0v) is 16.0. The Morgan fingerprint density at radius 1 is 1.15 bits per heavy atom. The van der Waals surface area contributed by atoms with E-state index in [-0.39, 0.29) is 16.8 Å². The SMILES string of the molecule is CN1CCN(S(=O)(=O)c2ccc(N3CCCC3=O)cc2)CC1c1ncc[nH]1. The summed E-state index contributed by atoms with van der Waals surface area (Å²) in [5.41, 5.74) is 0.753. The monoisotopic (exact) mass is 389 g/mol. The lowest BCUT2D eigenvalue weighted by Crippen LogP contribution is -2.49. The van der Waals surface area contributed by atoms with Crippen molar-refractivity contribution in [3.8, 4) is 0 Å². The van der Waals surface area contributed by atoms with Crippen LogP contribution < -0.4 is 4.90 Å². The number of benzene rings is 1. The van der Waals surface area contributed by atoms with Gasteiger partial charge in [0.25, 0.3) is 0 Å². The maximum atomic E-state index is 13.1. The number of rotatable bonds is 4. The molecular formula is C18H23N5O3S. The third kappa shape index (κ3) is 3.38. The number of hydrogen-bond acceptors (Lipinski definition) is 5. The Balaban J connectivity index is 1.55. The first kappa shape index (κ1) is 18.1. The number of piperazine rings is 1. The molecule has 0 radical (unpaired) electrons. The van der Waals surface area contributed by atoms with Gasteiger partial charge in [0.2, 0.25) is 15.9 Å². The molecule has 2 saturated heterocycles. The van der Waals surface area contributed by atoms with Gasteiger partial charge in [-0.05, 0) is 37.7 Å². The van der Waals surface area contributed by atoms with Gasteiger partial charge in [-0.3, -0.25) is 9.69 Å². The van der Waals surface area contributed by atoms with E-state index in [0.29, 0.717) is 32.6 Å². The van der Waals surface area contributed by atoms with Gasteiger partial charge in [0.05, 0.1) is 10.9 Å². The Bertz CT molecular complexity index is 911.